The summed E-state index contributed by atoms with van der Waals surface area (Å²) in [5.74, 6) is -0.210. The number of hydrogen-bond acceptors (Lipinski definition) is 7. The highest BCUT2D eigenvalue weighted by Gasteiger charge is 2.46. The molecule has 1 atom stereocenters. The lowest BCUT2D eigenvalue weighted by Crippen LogP contribution is -2.38. The summed E-state index contributed by atoms with van der Waals surface area (Å²) in [6.45, 7) is 11.1. The summed E-state index contributed by atoms with van der Waals surface area (Å²) in [4.78, 5) is 31.1. The molecule has 0 bridgehead atoms. The molecule has 1 aromatic carbocycles. The number of aliphatic hydroxyl groups excluding tert-OH is 1. The lowest BCUT2D eigenvalue weighted by atomic mass is 9.97. The molecular weight excluding hydrogens is 464 g/mol. The van der Waals surface area contributed by atoms with Crippen LogP contribution in [-0.4, -0.2) is 72.6 Å². The molecular formula is C27H34N2O5S. The third-order valence-corrected chi connectivity index (χ3v) is 7.29. The van der Waals surface area contributed by atoms with Gasteiger partial charge in [-0.15, -0.1) is 11.3 Å². The molecule has 2 fully saturated rings. The normalized spacial score (nSPS) is 20.7. The molecule has 7 nitrogen and oxygen atoms in total. The van der Waals surface area contributed by atoms with Gasteiger partial charge in [-0.05, 0) is 54.5 Å². The standard InChI is InChI=1S/C27H34N2O5S/c1-18(2)17-34-20-7-8-21(19(3)16-20)25(30)23-24(22-6-4-15-35-22)29(27(32)26(23)31)10-5-9-28-11-13-33-14-12-28/h4,6-8,15-16,18,24,30H,5,9-14,17H2,1-3H3/t24-/m0/s1. The summed E-state index contributed by atoms with van der Waals surface area (Å²) in [7, 11) is 0. The molecule has 2 saturated heterocycles. The van der Waals surface area contributed by atoms with Gasteiger partial charge in [-0.1, -0.05) is 19.9 Å². The van der Waals surface area contributed by atoms with Crippen molar-refractivity contribution in [3.8, 4) is 5.75 Å². The van der Waals surface area contributed by atoms with Gasteiger partial charge in [0, 0.05) is 36.6 Å². The minimum atomic E-state index is -0.633. The SMILES string of the molecule is Cc1cc(OCC(C)C)ccc1C(O)=C1C(=O)C(=O)N(CCCN2CCOCC2)[C@H]1c1cccs1. The Kier molecular flexibility index (Phi) is 8.26. The van der Waals surface area contributed by atoms with E-state index in [0.29, 0.717) is 30.4 Å². The summed E-state index contributed by atoms with van der Waals surface area (Å²) in [6.07, 6.45) is 0.746. The predicted molar refractivity (Wildman–Crippen MR) is 137 cm³/mol. The number of aryl methyl sites for hydroxylation is 1. The van der Waals surface area contributed by atoms with E-state index in [9.17, 15) is 14.7 Å². The largest absolute Gasteiger partial charge is 0.507 e. The zero-order chi connectivity index (χ0) is 24.9. The molecule has 3 heterocycles. The van der Waals surface area contributed by atoms with Crippen LogP contribution in [0.4, 0.5) is 0 Å². The Hall–Kier alpha value is -2.68. The number of ether oxygens (including phenoxy) is 2. The molecule has 2 aliphatic rings. The number of carbonyl (C=O) groups excluding carboxylic acids is 2. The van der Waals surface area contributed by atoms with Gasteiger partial charge in [-0.2, -0.15) is 0 Å². The molecule has 0 saturated carbocycles. The molecule has 35 heavy (non-hydrogen) atoms. The first-order valence-electron chi connectivity index (χ1n) is 12.2. The van der Waals surface area contributed by atoms with Crippen LogP contribution in [-0.2, 0) is 14.3 Å². The van der Waals surface area contributed by atoms with Crippen LogP contribution in [0.1, 0.15) is 42.3 Å². The van der Waals surface area contributed by atoms with Gasteiger partial charge in [0.25, 0.3) is 11.7 Å². The predicted octanol–water partition coefficient (Wildman–Crippen LogP) is 4.24. The third kappa shape index (κ3) is 5.77. The van der Waals surface area contributed by atoms with E-state index >= 15 is 0 Å². The number of aliphatic hydroxyl groups is 1. The highest BCUT2D eigenvalue weighted by atomic mass is 32.1. The first-order valence-corrected chi connectivity index (χ1v) is 13.1. The van der Waals surface area contributed by atoms with Crippen molar-refractivity contribution in [3.63, 3.8) is 0 Å². The van der Waals surface area contributed by atoms with Crippen LogP contribution in [0.25, 0.3) is 5.76 Å². The Morgan fingerprint density at radius 3 is 2.63 bits per heavy atom. The second kappa shape index (κ2) is 11.4. The summed E-state index contributed by atoms with van der Waals surface area (Å²) in [6, 6.07) is 8.64. The van der Waals surface area contributed by atoms with E-state index in [2.05, 4.69) is 18.7 Å². The maximum Gasteiger partial charge on any atom is 0.295 e. The number of morpholine rings is 1. The maximum atomic E-state index is 13.2. The summed E-state index contributed by atoms with van der Waals surface area (Å²) < 4.78 is 11.2. The van der Waals surface area contributed by atoms with Gasteiger partial charge in [-0.3, -0.25) is 14.5 Å². The van der Waals surface area contributed by atoms with Crippen LogP contribution in [0.3, 0.4) is 0 Å². The molecule has 0 radical (unpaired) electrons. The molecule has 8 heteroatoms. The number of likely N-dealkylation sites (tertiary alicyclic amines) is 1. The molecule has 0 aliphatic carbocycles. The van der Waals surface area contributed by atoms with Crippen molar-refractivity contribution in [1.29, 1.82) is 0 Å². The second-order valence-corrected chi connectivity index (χ2v) is 10.5. The summed E-state index contributed by atoms with van der Waals surface area (Å²) in [5.41, 5.74) is 1.48. The number of hydrogen-bond donors (Lipinski definition) is 1. The third-order valence-electron chi connectivity index (χ3n) is 6.37. The Labute approximate surface area is 210 Å². The van der Waals surface area contributed by atoms with Gasteiger partial charge in [0.15, 0.2) is 0 Å². The fraction of sp³-hybridized carbons (Fsp3) is 0.481. The molecule has 2 aliphatic heterocycles. The molecule has 4 rings (SSSR count). The first-order chi connectivity index (χ1) is 16.9. The average molecular weight is 499 g/mol. The van der Waals surface area contributed by atoms with Crippen molar-refractivity contribution in [2.45, 2.75) is 33.2 Å². The molecule has 1 N–H and O–H groups in total. The van der Waals surface area contributed by atoms with Crippen molar-refractivity contribution >= 4 is 28.8 Å². The van der Waals surface area contributed by atoms with Crippen LogP contribution in [0.2, 0.25) is 0 Å². The van der Waals surface area contributed by atoms with E-state index < -0.39 is 17.7 Å². The molecule has 0 unspecified atom stereocenters. The molecule has 2 aromatic rings. The topological polar surface area (TPSA) is 79.3 Å². The average Bonchev–Trinajstić information content (AvgIpc) is 3.46. The van der Waals surface area contributed by atoms with Gasteiger partial charge < -0.3 is 19.5 Å². The van der Waals surface area contributed by atoms with Crippen LogP contribution >= 0.6 is 11.3 Å². The van der Waals surface area contributed by atoms with E-state index in [1.807, 2.05) is 30.5 Å². The summed E-state index contributed by atoms with van der Waals surface area (Å²) in [5, 5.41) is 13.3. The van der Waals surface area contributed by atoms with Crippen LogP contribution in [0, 0.1) is 12.8 Å². The summed E-state index contributed by atoms with van der Waals surface area (Å²) >= 11 is 1.48. The highest BCUT2D eigenvalue weighted by molar-refractivity contribution is 7.10. The number of amides is 1. The van der Waals surface area contributed by atoms with Gasteiger partial charge in [0.2, 0.25) is 0 Å². The molecule has 188 valence electrons. The monoisotopic (exact) mass is 498 g/mol. The Bertz CT molecular complexity index is 1070. The molecule has 1 aromatic heterocycles. The van der Waals surface area contributed by atoms with E-state index in [1.165, 1.54) is 11.3 Å². The van der Waals surface area contributed by atoms with E-state index in [0.717, 1.165) is 49.7 Å². The van der Waals surface area contributed by atoms with Crippen molar-refractivity contribution < 1.29 is 24.2 Å². The lowest BCUT2D eigenvalue weighted by Gasteiger charge is -2.28. The Morgan fingerprint density at radius 2 is 1.97 bits per heavy atom. The number of Topliss-reactive ketones (excluding diaryl/α,β-unsaturated/α-hetero) is 1. The maximum absolute atomic E-state index is 13.2. The first kappa shape index (κ1) is 25.4. The van der Waals surface area contributed by atoms with E-state index in [1.54, 1.807) is 17.0 Å². The van der Waals surface area contributed by atoms with Gasteiger partial charge in [-0.25, -0.2) is 0 Å². The zero-order valence-corrected chi connectivity index (χ0v) is 21.5. The van der Waals surface area contributed by atoms with Gasteiger partial charge >= 0.3 is 0 Å². The number of benzene rings is 1. The van der Waals surface area contributed by atoms with Crippen molar-refractivity contribution in [3.05, 3.63) is 57.3 Å². The minimum absolute atomic E-state index is 0.134. The lowest BCUT2D eigenvalue weighted by molar-refractivity contribution is -0.140. The number of nitrogens with zero attached hydrogens (tertiary/aromatic N) is 2. The van der Waals surface area contributed by atoms with Gasteiger partial charge in [0.1, 0.15) is 11.5 Å². The zero-order valence-electron chi connectivity index (χ0n) is 20.7. The van der Waals surface area contributed by atoms with Gasteiger partial charge in [0.05, 0.1) is 31.4 Å². The Morgan fingerprint density at radius 1 is 1.20 bits per heavy atom. The van der Waals surface area contributed by atoms with Crippen LogP contribution in [0.15, 0.2) is 41.3 Å². The Balaban J connectivity index is 1.61. The minimum Gasteiger partial charge on any atom is -0.507 e. The van der Waals surface area contributed by atoms with Crippen LogP contribution in [0.5, 0.6) is 5.75 Å². The van der Waals surface area contributed by atoms with E-state index in [4.69, 9.17) is 9.47 Å². The van der Waals surface area contributed by atoms with E-state index in [-0.39, 0.29) is 11.3 Å². The number of ketones is 1. The smallest absolute Gasteiger partial charge is 0.295 e. The quantitative estimate of drug-likeness (QED) is 0.317. The van der Waals surface area contributed by atoms with Crippen LogP contribution < -0.4 is 4.74 Å². The highest BCUT2D eigenvalue weighted by Crippen LogP contribution is 2.41. The number of rotatable bonds is 9. The fourth-order valence-electron chi connectivity index (χ4n) is 4.54. The number of thiophene rings is 1. The van der Waals surface area contributed by atoms with Crippen molar-refractivity contribution in [2.75, 3.05) is 46.0 Å². The van der Waals surface area contributed by atoms with Crippen molar-refractivity contribution in [1.82, 2.24) is 9.80 Å². The fourth-order valence-corrected chi connectivity index (χ4v) is 5.39. The molecule has 1 amide bonds. The van der Waals surface area contributed by atoms with Crippen molar-refractivity contribution in [2.24, 2.45) is 5.92 Å². The molecule has 0 spiro atoms. The second-order valence-electron chi connectivity index (χ2n) is 9.50. The number of carbonyl (C=O) groups is 2.